The van der Waals surface area contributed by atoms with Gasteiger partial charge in [-0.3, -0.25) is 29.8 Å². The molecule has 0 fully saturated rings. The minimum absolute atomic E-state index is 0.0137. The molecular formula is C29H24N2O11. The Labute approximate surface area is 237 Å². The quantitative estimate of drug-likeness (QED) is 0.0823. The molecular weight excluding hydrogens is 552 g/mol. The summed E-state index contributed by atoms with van der Waals surface area (Å²) in [6.45, 7) is 1.86. The molecule has 0 aliphatic heterocycles. The highest BCUT2D eigenvalue weighted by molar-refractivity contribution is 5.99. The van der Waals surface area contributed by atoms with Crippen LogP contribution in [0.4, 0.5) is 11.4 Å². The van der Waals surface area contributed by atoms with Crippen LogP contribution in [0.5, 0.6) is 28.7 Å². The molecule has 0 heterocycles. The first-order valence-corrected chi connectivity index (χ1v) is 12.1. The van der Waals surface area contributed by atoms with E-state index in [1.165, 1.54) is 12.1 Å². The summed E-state index contributed by atoms with van der Waals surface area (Å²) in [5.74, 6) is -3.89. The molecule has 5 N–H and O–H groups in total. The fourth-order valence-electron chi connectivity index (χ4n) is 3.79. The maximum absolute atomic E-state index is 12.2. The van der Waals surface area contributed by atoms with E-state index >= 15 is 0 Å². The van der Waals surface area contributed by atoms with Crippen molar-refractivity contribution < 1.29 is 45.0 Å². The molecule has 0 aliphatic rings. The van der Waals surface area contributed by atoms with Gasteiger partial charge < -0.3 is 25.5 Å². The van der Waals surface area contributed by atoms with Gasteiger partial charge in [-0.2, -0.15) is 0 Å². The zero-order valence-electron chi connectivity index (χ0n) is 21.9. The van der Waals surface area contributed by atoms with Crippen LogP contribution in [0, 0.1) is 27.2 Å². The van der Waals surface area contributed by atoms with E-state index in [9.17, 15) is 50.2 Å². The number of aromatic hydroxyl groups is 5. The highest BCUT2D eigenvalue weighted by atomic mass is 16.6. The molecule has 0 unspecified atom stereocenters. The Morgan fingerprint density at radius 1 is 0.667 bits per heavy atom. The Kier molecular flexibility index (Phi) is 9.40. The summed E-state index contributed by atoms with van der Waals surface area (Å²) in [5.41, 5.74) is 0.826. The Morgan fingerprint density at radius 2 is 1.12 bits per heavy atom. The molecule has 0 saturated heterocycles. The topological polar surface area (TPSA) is 222 Å². The van der Waals surface area contributed by atoms with Gasteiger partial charge in [0, 0.05) is 36.1 Å². The van der Waals surface area contributed by atoms with Crippen LogP contribution < -0.4 is 0 Å². The van der Waals surface area contributed by atoms with Crippen LogP contribution in [0.25, 0.3) is 0 Å². The first kappa shape index (κ1) is 30.6. The number of hydrogen-bond donors (Lipinski definition) is 5. The van der Waals surface area contributed by atoms with E-state index in [1.54, 1.807) is 24.3 Å². The molecule has 0 radical (unpaired) electrons. The molecule has 0 spiro atoms. The number of hydrogen-bond acceptors (Lipinski definition) is 11. The van der Waals surface area contributed by atoms with E-state index in [-0.39, 0.29) is 35.5 Å². The molecule has 4 aromatic carbocycles. The second kappa shape index (κ2) is 12.9. The monoisotopic (exact) mass is 576 g/mol. The number of nitro groups is 2. The standard InChI is InChI=1S/C15H13NO5.C14H11NO6/c1-9-4-2-3-5-10(9)7-13(17)11-6-12(16(20)21)15(19)14(18)8-11;16-10-3-1-8(2-4-10)5-12(17)9-6-11(15(20)21)14(19)13(18)7-9/h2-6,8,18-19H,7H2,1H3;1-4,6-7,16,18-19H,5H2. The average molecular weight is 577 g/mol. The molecule has 216 valence electrons. The number of rotatable bonds is 8. The Bertz CT molecular complexity index is 1680. The predicted molar refractivity (Wildman–Crippen MR) is 148 cm³/mol. The first-order chi connectivity index (χ1) is 19.8. The van der Waals surface area contributed by atoms with Crippen LogP contribution in [0.3, 0.4) is 0 Å². The van der Waals surface area contributed by atoms with Crippen molar-refractivity contribution in [1.82, 2.24) is 0 Å². The maximum atomic E-state index is 12.2. The van der Waals surface area contributed by atoms with Crippen molar-refractivity contribution in [3.63, 3.8) is 0 Å². The number of ketones is 2. The molecule has 0 aliphatic carbocycles. The Morgan fingerprint density at radius 3 is 1.57 bits per heavy atom. The lowest BCUT2D eigenvalue weighted by Crippen LogP contribution is -2.05. The van der Waals surface area contributed by atoms with E-state index in [0.29, 0.717) is 5.56 Å². The fraction of sp³-hybridized carbons (Fsp3) is 0.103. The van der Waals surface area contributed by atoms with Crippen molar-refractivity contribution in [2.45, 2.75) is 19.8 Å². The number of nitrogens with zero attached hydrogens (tertiary/aromatic N) is 2. The molecule has 0 aromatic heterocycles. The van der Waals surface area contributed by atoms with Crippen molar-refractivity contribution in [2.75, 3.05) is 0 Å². The van der Waals surface area contributed by atoms with Crippen LogP contribution in [-0.2, 0) is 12.8 Å². The smallest absolute Gasteiger partial charge is 0.315 e. The number of aryl methyl sites for hydroxylation is 1. The highest BCUT2D eigenvalue weighted by Crippen LogP contribution is 2.37. The molecule has 0 amide bonds. The van der Waals surface area contributed by atoms with Gasteiger partial charge in [0.25, 0.3) is 0 Å². The summed E-state index contributed by atoms with van der Waals surface area (Å²) in [5, 5.41) is 68.4. The van der Waals surface area contributed by atoms with E-state index in [0.717, 1.165) is 35.4 Å². The van der Waals surface area contributed by atoms with Gasteiger partial charge in [-0.25, -0.2) is 0 Å². The molecule has 0 saturated carbocycles. The second-order valence-electron chi connectivity index (χ2n) is 9.03. The normalized spacial score (nSPS) is 10.3. The minimum atomic E-state index is -0.883. The van der Waals surface area contributed by atoms with Gasteiger partial charge in [0.2, 0.25) is 11.5 Å². The number of phenols is 5. The lowest BCUT2D eigenvalue weighted by atomic mass is 9.99. The summed E-state index contributed by atoms with van der Waals surface area (Å²) in [6, 6.07) is 17.1. The number of carbonyl (C=O) groups is 2. The Balaban J connectivity index is 0.000000230. The van der Waals surface area contributed by atoms with Crippen molar-refractivity contribution in [1.29, 1.82) is 0 Å². The van der Waals surface area contributed by atoms with Gasteiger partial charge >= 0.3 is 11.4 Å². The third-order valence-electron chi connectivity index (χ3n) is 6.09. The third-order valence-corrected chi connectivity index (χ3v) is 6.09. The maximum Gasteiger partial charge on any atom is 0.315 e. The van der Waals surface area contributed by atoms with Gasteiger partial charge in [0.1, 0.15) is 5.75 Å². The third kappa shape index (κ3) is 7.35. The summed E-state index contributed by atoms with van der Waals surface area (Å²) >= 11 is 0. The van der Waals surface area contributed by atoms with Gasteiger partial charge in [-0.15, -0.1) is 0 Å². The van der Waals surface area contributed by atoms with E-state index in [1.807, 2.05) is 19.1 Å². The van der Waals surface area contributed by atoms with Crippen molar-refractivity contribution in [3.05, 3.63) is 121 Å². The van der Waals surface area contributed by atoms with Crippen molar-refractivity contribution >= 4 is 22.9 Å². The predicted octanol–water partition coefficient (Wildman–Crippen LogP) is 4.88. The highest BCUT2D eigenvalue weighted by Gasteiger charge is 2.23. The number of carbonyl (C=O) groups excluding carboxylic acids is 2. The molecule has 13 nitrogen and oxygen atoms in total. The molecule has 13 heteroatoms. The molecule has 0 atom stereocenters. The number of phenolic OH excluding ortho intramolecular Hbond substituents is 5. The summed E-state index contributed by atoms with van der Waals surface area (Å²) < 4.78 is 0. The minimum Gasteiger partial charge on any atom is -0.508 e. The lowest BCUT2D eigenvalue weighted by Gasteiger charge is -2.06. The largest absolute Gasteiger partial charge is 0.508 e. The van der Waals surface area contributed by atoms with Gasteiger partial charge in [-0.1, -0.05) is 36.4 Å². The molecule has 4 rings (SSSR count). The second-order valence-corrected chi connectivity index (χ2v) is 9.03. The van der Waals surface area contributed by atoms with E-state index in [4.69, 9.17) is 5.11 Å². The summed E-state index contributed by atoms with van der Waals surface area (Å²) in [4.78, 5) is 44.0. The first-order valence-electron chi connectivity index (χ1n) is 12.1. The van der Waals surface area contributed by atoms with Gasteiger partial charge in [-0.05, 0) is 47.9 Å². The van der Waals surface area contributed by atoms with Crippen LogP contribution in [0.1, 0.15) is 37.4 Å². The van der Waals surface area contributed by atoms with Crippen LogP contribution >= 0.6 is 0 Å². The van der Waals surface area contributed by atoms with Gasteiger partial charge in [0.15, 0.2) is 23.1 Å². The van der Waals surface area contributed by atoms with Gasteiger partial charge in [0.05, 0.1) is 9.85 Å². The van der Waals surface area contributed by atoms with E-state index < -0.39 is 50.0 Å². The summed E-state index contributed by atoms with van der Waals surface area (Å²) in [6.07, 6.45) is 0.00962. The summed E-state index contributed by atoms with van der Waals surface area (Å²) in [7, 11) is 0. The van der Waals surface area contributed by atoms with E-state index in [2.05, 4.69) is 0 Å². The molecule has 0 bridgehead atoms. The Hall–Kier alpha value is -5.98. The molecule has 4 aromatic rings. The zero-order chi connectivity index (χ0) is 31.1. The zero-order valence-corrected chi connectivity index (χ0v) is 21.9. The number of benzene rings is 4. The fourth-order valence-corrected chi connectivity index (χ4v) is 3.79. The van der Waals surface area contributed by atoms with Crippen LogP contribution in [0.2, 0.25) is 0 Å². The van der Waals surface area contributed by atoms with Crippen LogP contribution in [0.15, 0.2) is 72.8 Å². The SMILES string of the molecule is Cc1ccccc1CC(=O)c1cc(O)c(O)c([N+](=O)[O-])c1.O=C(Cc1ccc(O)cc1)c1cc(O)c(O)c([N+](=O)[O-])c1. The number of Topliss-reactive ketones (excluding diaryl/α,β-unsaturated/α-hetero) is 2. The molecule has 42 heavy (non-hydrogen) atoms. The average Bonchev–Trinajstić information content (AvgIpc) is 2.94. The van der Waals surface area contributed by atoms with Crippen molar-refractivity contribution in [2.24, 2.45) is 0 Å². The lowest BCUT2D eigenvalue weighted by molar-refractivity contribution is -0.386. The number of nitro benzene ring substituents is 2. The van der Waals surface area contributed by atoms with Crippen LogP contribution in [-0.4, -0.2) is 46.9 Å². The van der Waals surface area contributed by atoms with Crippen molar-refractivity contribution in [3.8, 4) is 28.7 Å².